The molecule has 4 aliphatic rings. The summed E-state index contributed by atoms with van der Waals surface area (Å²) in [5.74, 6) is 4.29. The Kier molecular flexibility index (Phi) is 2.46. The van der Waals surface area contributed by atoms with Crippen LogP contribution in [0.4, 0.5) is 0 Å². The zero-order chi connectivity index (χ0) is 13.3. The molecule has 0 heterocycles. The number of fused-ring (bicyclic) bond motifs is 5. The van der Waals surface area contributed by atoms with Crippen molar-refractivity contribution in [2.75, 3.05) is 0 Å². The molecule has 0 aromatic rings. The molecule has 3 saturated carbocycles. The third kappa shape index (κ3) is 1.53. The summed E-state index contributed by atoms with van der Waals surface area (Å²) in [6.07, 6.45) is 13.1. The van der Waals surface area contributed by atoms with E-state index in [1.807, 2.05) is 0 Å². The highest BCUT2D eigenvalue weighted by Gasteiger charge is 2.60. The van der Waals surface area contributed by atoms with Crippen molar-refractivity contribution in [2.24, 2.45) is 34.5 Å². The van der Waals surface area contributed by atoms with E-state index in [1.165, 1.54) is 44.9 Å². The van der Waals surface area contributed by atoms with Gasteiger partial charge in [-0.25, -0.2) is 0 Å². The fourth-order valence-corrected chi connectivity index (χ4v) is 6.64. The Bertz CT molecular complexity index is 425. The third-order valence-electron chi connectivity index (χ3n) is 7.70. The van der Waals surface area contributed by atoms with E-state index in [4.69, 9.17) is 0 Å². The van der Waals surface area contributed by atoms with Gasteiger partial charge in [0, 0.05) is 6.42 Å². The summed E-state index contributed by atoms with van der Waals surface area (Å²) in [7, 11) is 0. The minimum atomic E-state index is 0.489. The maximum Gasteiger partial charge on any atom is 0.0886 e. The van der Waals surface area contributed by atoms with E-state index < -0.39 is 0 Å². The Morgan fingerprint density at radius 1 is 1.11 bits per heavy atom. The predicted molar refractivity (Wildman–Crippen MR) is 77.8 cm³/mol. The highest BCUT2D eigenvalue weighted by atomic mass is 16.3. The van der Waals surface area contributed by atoms with Gasteiger partial charge < -0.3 is 5.11 Å². The molecule has 106 valence electrons. The van der Waals surface area contributed by atoms with Crippen molar-refractivity contribution in [1.29, 1.82) is 0 Å². The topological polar surface area (TPSA) is 20.2 Å². The Morgan fingerprint density at radius 3 is 2.79 bits per heavy atom. The van der Waals surface area contributed by atoms with Gasteiger partial charge in [-0.1, -0.05) is 20.3 Å². The van der Waals surface area contributed by atoms with E-state index in [0.717, 1.165) is 24.2 Å². The second-order valence-electron chi connectivity index (χ2n) is 8.47. The van der Waals surface area contributed by atoms with Crippen molar-refractivity contribution in [3.63, 3.8) is 0 Å². The molecule has 1 heteroatoms. The van der Waals surface area contributed by atoms with Gasteiger partial charge in [0.1, 0.15) is 0 Å². The Morgan fingerprint density at radius 2 is 1.95 bits per heavy atom. The largest absolute Gasteiger partial charge is 0.513 e. The monoisotopic (exact) mass is 260 g/mol. The first-order valence-corrected chi connectivity index (χ1v) is 8.43. The van der Waals surface area contributed by atoms with Gasteiger partial charge in [-0.15, -0.1) is 0 Å². The summed E-state index contributed by atoms with van der Waals surface area (Å²) >= 11 is 0. The van der Waals surface area contributed by atoms with E-state index in [1.54, 1.807) is 0 Å². The smallest absolute Gasteiger partial charge is 0.0886 e. The van der Waals surface area contributed by atoms with Crippen LogP contribution in [0.3, 0.4) is 0 Å². The molecule has 4 rings (SSSR count). The van der Waals surface area contributed by atoms with Gasteiger partial charge in [-0.3, -0.25) is 0 Å². The number of aliphatic hydroxyl groups is 1. The average Bonchev–Trinajstić information content (AvgIpc) is 2.85. The molecule has 0 spiro atoms. The standard InChI is InChI=1S/C18H28O/c1-17-8-3-4-15(17)14-6-5-12-10-13(19)7-9-18(12,2)16(14)11-17/h10,12,14-16,19H,3-9,11H2,1-2H3/t12?,14?,15?,16?,17-,18?/m0/s1. The van der Waals surface area contributed by atoms with Gasteiger partial charge in [0.2, 0.25) is 0 Å². The molecule has 0 radical (unpaired) electrons. The highest BCUT2D eigenvalue weighted by molar-refractivity contribution is 5.16. The van der Waals surface area contributed by atoms with Crippen LogP contribution in [0.15, 0.2) is 11.8 Å². The van der Waals surface area contributed by atoms with E-state index >= 15 is 0 Å². The lowest BCUT2D eigenvalue weighted by Gasteiger charge is -2.51. The van der Waals surface area contributed by atoms with Crippen molar-refractivity contribution < 1.29 is 5.11 Å². The first-order valence-electron chi connectivity index (χ1n) is 8.43. The quantitative estimate of drug-likeness (QED) is 0.644. The maximum atomic E-state index is 9.88. The van der Waals surface area contributed by atoms with Crippen molar-refractivity contribution in [2.45, 2.75) is 65.2 Å². The van der Waals surface area contributed by atoms with E-state index in [9.17, 15) is 5.11 Å². The Balaban J connectivity index is 1.69. The normalized spacial score (nSPS) is 56.2. The summed E-state index contributed by atoms with van der Waals surface area (Å²) in [5, 5.41) is 9.88. The van der Waals surface area contributed by atoms with E-state index in [-0.39, 0.29) is 0 Å². The second-order valence-corrected chi connectivity index (χ2v) is 8.47. The van der Waals surface area contributed by atoms with Crippen LogP contribution < -0.4 is 0 Å². The molecule has 3 fully saturated rings. The number of hydrogen-bond donors (Lipinski definition) is 1. The molecule has 5 unspecified atom stereocenters. The van der Waals surface area contributed by atoms with Crippen molar-refractivity contribution in [3.05, 3.63) is 11.8 Å². The molecular weight excluding hydrogens is 232 g/mol. The van der Waals surface area contributed by atoms with Gasteiger partial charge in [0.15, 0.2) is 0 Å². The van der Waals surface area contributed by atoms with Crippen molar-refractivity contribution >= 4 is 0 Å². The SMILES string of the molecule is CC12CCC(O)=CC1CCC1C2C[C@]2(C)CCCC12. The average molecular weight is 260 g/mol. The second kappa shape index (κ2) is 3.80. The van der Waals surface area contributed by atoms with Gasteiger partial charge in [0.25, 0.3) is 0 Å². The van der Waals surface area contributed by atoms with Gasteiger partial charge >= 0.3 is 0 Å². The fraction of sp³-hybridized carbons (Fsp3) is 0.889. The van der Waals surface area contributed by atoms with E-state index in [2.05, 4.69) is 19.9 Å². The predicted octanol–water partition coefficient (Wildman–Crippen LogP) is 5.08. The third-order valence-corrected chi connectivity index (χ3v) is 7.70. The van der Waals surface area contributed by atoms with Crippen LogP contribution in [-0.2, 0) is 0 Å². The Labute approximate surface area is 117 Å². The summed E-state index contributed by atoms with van der Waals surface area (Å²) in [4.78, 5) is 0. The van der Waals surface area contributed by atoms with Crippen LogP contribution >= 0.6 is 0 Å². The lowest BCUT2D eigenvalue weighted by Crippen LogP contribution is -2.43. The zero-order valence-electron chi connectivity index (χ0n) is 12.5. The zero-order valence-corrected chi connectivity index (χ0v) is 12.5. The molecule has 0 aliphatic heterocycles. The first kappa shape index (κ1) is 12.3. The van der Waals surface area contributed by atoms with Gasteiger partial charge in [-0.2, -0.15) is 0 Å². The molecule has 1 N–H and O–H groups in total. The van der Waals surface area contributed by atoms with Crippen LogP contribution in [0.1, 0.15) is 65.2 Å². The molecule has 0 aromatic carbocycles. The molecule has 0 saturated heterocycles. The molecule has 0 bridgehead atoms. The van der Waals surface area contributed by atoms with Crippen molar-refractivity contribution in [3.8, 4) is 0 Å². The summed E-state index contributed by atoms with van der Waals surface area (Å²) < 4.78 is 0. The lowest BCUT2D eigenvalue weighted by atomic mass is 9.54. The minimum absolute atomic E-state index is 0.489. The van der Waals surface area contributed by atoms with Gasteiger partial charge in [-0.05, 0) is 79.1 Å². The molecule has 4 aliphatic carbocycles. The molecule has 0 aromatic heterocycles. The highest BCUT2D eigenvalue weighted by Crippen LogP contribution is 2.68. The number of allylic oxidation sites excluding steroid dienone is 2. The maximum absolute atomic E-state index is 9.88. The molecular formula is C18H28O. The van der Waals surface area contributed by atoms with Crippen LogP contribution in [0.5, 0.6) is 0 Å². The molecule has 1 nitrogen and oxygen atoms in total. The number of hydrogen-bond acceptors (Lipinski definition) is 1. The van der Waals surface area contributed by atoms with Crippen LogP contribution in [0.2, 0.25) is 0 Å². The lowest BCUT2D eigenvalue weighted by molar-refractivity contribution is 0.00394. The fourth-order valence-electron chi connectivity index (χ4n) is 6.64. The molecule has 0 amide bonds. The van der Waals surface area contributed by atoms with Crippen LogP contribution in [0, 0.1) is 34.5 Å². The first-order chi connectivity index (χ1) is 9.03. The molecule has 6 atom stereocenters. The summed E-state index contributed by atoms with van der Waals surface area (Å²) in [6.45, 7) is 5.12. The number of rotatable bonds is 0. The van der Waals surface area contributed by atoms with Gasteiger partial charge in [0.05, 0.1) is 5.76 Å². The van der Waals surface area contributed by atoms with Crippen LogP contribution in [-0.4, -0.2) is 5.11 Å². The van der Waals surface area contributed by atoms with Crippen molar-refractivity contribution in [1.82, 2.24) is 0 Å². The Hall–Kier alpha value is -0.460. The summed E-state index contributed by atoms with van der Waals surface area (Å²) in [6, 6.07) is 0. The molecule has 19 heavy (non-hydrogen) atoms. The minimum Gasteiger partial charge on any atom is -0.513 e. The van der Waals surface area contributed by atoms with Crippen LogP contribution in [0.25, 0.3) is 0 Å². The van der Waals surface area contributed by atoms with E-state index in [0.29, 0.717) is 22.5 Å². The summed E-state index contributed by atoms with van der Waals surface area (Å²) in [5.41, 5.74) is 1.15. The number of aliphatic hydroxyl groups excluding tert-OH is 1.